The van der Waals surface area contributed by atoms with E-state index in [1.165, 1.54) is 12.3 Å². The fourth-order valence-corrected chi connectivity index (χ4v) is 3.22. The summed E-state index contributed by atoms with van der Waals surface area (Å²) in [4.78, 5) is 29.4. The van der Waals surface area contributed by atoms with Crippen molar-refractivity contribution in [2.45, 2.75) is 20.0 Å². The lowest BCUT2D eigenvalue weighted by molar-refractivity contribution is -0.384. The molecule has 1 aromatic heterocycles. The lowest BCUT2D eigenvalue weighted by atomic mass is 10.1. The Balaban J connectivity index is 2.07. The lowest BCUT2D eigenvalue weighted by Crippen LogP contribution is -2.24. The molecule has 8 heteroatoms. The van der Waals surface area contributed by atoms with Crippen LogP contribution in [0.1, 0.15) is 23.6 Å². The smallest absolute Gasteiger partial charge is 0.373 e. The Morgan fingerprint density at radius 3 is 2.12 bits per heavy atom. The lowest BCUT2D eigenvalue weighted by Gasteiger charge is -2.24. The molecule has 0 unspecified atom stereocenters. The Morgan fingerprint density at radius 1 is 1.06 bits per heavy atom. The molecule has 8 nitrogen and oxygen atoms in total. The van der Waals surface area contributed by atoms with Gasteiger partial charge in [-0.3, -0.25) is 10.1 Å². The van der Waals surface area contributed by atoms with E-state index in [-0.39, 0.29) is 23.7 Å². The molecule has 0 saturated carbocycles. The van der Waals surface area contributed by atoms with Crippen molar-refractivity contribution in [3.05, 3.63) is 105 Å². The molecule has 3 aromatic rings. The summed E-state index contributed by atoms with van der Waals surface area (Å²) < 4.78 is 4.76. The molecule has 0 radical (unpaired) electrons. The summed E-state index contributed by atoms with van der Waals surface area (Å²) in [7, 11) is 0. The van der Waals surface area contributed by atoms with Gasteiger partial charge in [-0.1, -0.05) is 60.7 Å². The molecule has 1 heterocycles. The summed E-state index contributed by atoms with van der Waals surface area (Å²) in [6, 6.07) is 20.5. The number of rotatable bonds is 9. The zero-order valence-corrected chi connectivity index (χ0v) is 17.5. The molecule has 0 saturated heterocycles. The topological polar surface area (TPSA) is 106 Å². The standard InChI is InChI=1S/C24H23N3O5/c1-2-32-24(29)21(28)15-20-13-14-25-23(22(20)27(30)31)26(16-18-9-5-3-6-10-18)17-19-11-7-4-8-12-19/h3-15,28H,2,16-17H2,1H3/b21-15+. The number of aliphatic hydroxyl groups excluding tert-OH is 1. The molecule has 0 aliphatic carbocycles. The van der Waals surface area contributed by atoms with Crippen LogP contribution in [0.2, 0.25) is 0 Å². The molecular weight excluding hydrogens is 410 g/mol. The van der Waals surface area contributed by atoms with Crippen molar-refractivity contribution in [1.82, 2.24) is 4.98 Å². The van der Waals surface area contributed by atoms with Gasteiger partial charge in [0.25, 0.3) is 0 Å². The first kappa shape index (κ1) is 22.5. The molecule has 0 aliphatic rings. The third-order valence-electron chi connectivity index (χ3n) is 4.63. The number of esters is 1. The van der Waals surface area contributed by atoms with E-state index in [2.05, 4.69) is 4.98 Å². The van der Waals surface area contributed by atoms with E-state index in [0.29, 0.717) is 13.1 Å². The number of ether oxygens (including phenoxy) is 1. The summed E-state index contributed by atoms with van der Waals surface area (Å²) in [5.41, 5.74) is 1.65. The van der Waals surface area contributed by atoms with Crippen LogP contribution in [0.4, 0.5) is 11.5 Å². The summed E-state index contributed by atoms with van der Waals surface area (Å²) >= 11 is 0. The summed E-state index contributed by atoms with van der Waals surface area (Å²) in [6.45, 7) is 2.42. The fraction of sp³-hybridized carbons (Fsp3) is 0.167. The van der Waals surface area contributed by atoms with Crippen molar-refractivity contribution >= 4 is 23.6 Å². The van der Waals surface area contributed by atoms with Crippen molar-refractivity contribution < 1.29 is 19.6 Å². The monoisotopic (exact) mass is 433 g/mol. The molecule has 2 aromatic carbocycles. The third-order valence-corrected chi connectivity index (χ3v) is 4.63. The van der Waals surface area contributed by atoms with E-state index in [0.717, 1.165) is 17.2 Å². The van der Waals surface area contributed by atoms with Crippen LogP contribution in [0.3, 0.4) is 0 Å². The summed E-state index contributed by atoms with van der Waals surface area (Å²) in [5, 5.41) is 22.1. The average molecular weight is 433 g/mol. The van der Waals surface area contributed by atoms with Gasteiger partial charge in [0.05, 0.1) is 17.1 Å². The second-order valence-corrected chi connectivity index (χ2v) is 6.91. The number of carbonyl (C=O) groups is 1. The predicted octanol–water partition coefficient (Wildman–Crippen LogP) is 4.66. The number of carbonyl (C=O) groups excluding carboxylic acids is 1. The van der Waals surface area contributed by atoms with Crippen molar-refractivity contribution in [2.24, 2.45) is 0 Å². The van der Waals surface area contributed by atoms with Gasteiger partial charge in [0.1, 0.15) is 0 Å². The zero-order chi connectivity index (χ0) is 22.9. The number of nitrogens with zero attached hydrogens (tertiary/aromatic N) is 3. The Kier molecular flexibility index (Phi) is 7.53. The number of aromatic nitrogens is 1. The molecular formula is C24H23N3O5. The number of anilines is 1. The summed E-state index contributed by atoms with van der Waals surface area (Å²) in [6.07, 6.45) is 2.44. The first-order valence-corrected chi connectivity index (χ1v) is 10.0. The number of hydrogen-bond acceptors (Lipinski definition) is 7. The molecule has 1 N–H and O–H groups in total. The Labute approximate surface area is 185 Å². The largest absolute Gasteiger partial charge is 0.502 e. The van der Waals surface area contributed by atoms with E-state index in [4.69, 9.17) is 4.74 Å². The van der Waals surface area contributed by atoms with E-state index < -0.39 is 16.7 Å². The number of aliphatic hydroxyl groups is 1. The molecule has 0 bridgehead atoms. The normalized spacial score (nSPS) is 11.1. The average Bonchev–Trinajstić information content (AvgIpc) is 2.80. The highest BCUT2D eigenvalue weighted by Gasteiger charge is 2.26. The molecule has 3 rings (SSSR count). The molecule has 0 aliphatic heterocycles. The maximum Gasteiger partial charge on any atom is 0.373 e. The van der Waals surface area contributed by atoms with E-state index in [1.54, 1.807) is 11.8 Å². The van der Waals surface area contributed by atoms with Crippen molar-refractivity contribution in [1.29, 1.82) is 0 Å². The number of pyridine rings is 1. The van der Waals surface area contributed by atoms with Gasteiger partial charge in [0, 0.05) is 25.4 Å². The molecule has 0 amide bonds. The van der Waals surface area contributed by atoms with Crippen LogP contribution in [0.15, 0.2) is 78.7 Å². The van der Waals surface area contributed by atoms with E-state index >= 15 is 0 Å². The van der Waals surface area contributed by atoms with E-state index in [9.17, 15) is 20.0 Å². The van der Waals surface area contributed by atoms with Gasteiger partial charge in [-0.05, 0) is 24.1 Å². The second kappa shape index (κ2) is 10.7. The molecule has 32 heavy (non-hydrogen) atoms. The van der Waals surface area contributed by atoms with Gasteiger partial charge in [0.15, 0.2) is 0 Å². The predicted molar refractivity (Wildman–Crippen MR) is 121 cm³/mol. The molecule has 164 valence electrons. The van der Waals surface area contributed by atoms with Crippen LogP contribution in [0.5, 0.6) is 0 Å². The van der Waals surface area contributed by atoms with Gasteiger partial charge >= 0.3 is 11.7 Å². The van der Waals surface area contributed by atoms with Crippen LogP contribution in [0.25, 0.3) is 6.08 Å². The van der Waals surface area contributed by atoms with Gasteiger partial charge in [-0.15, -0.1) is 0 Å². The number of hydrogen-bond donors (Lipinski definition) is 1. The van der Waals surface area contributed by atoms with Gasteiger partial charge in [-0.2, -0.15) is 0 Å². The van der Waals surface area contributed by atoms with Crippen molar-refractivity contribution in [3.63, 3.8) is 0 Å². The highest BCUT2D eigenvalue weighted by Crippen LogP contribution is 2.33. The SMILES string of the molecule is CCOC(=O)/C(O)=C\c1ccnc(N(Cc2ccccc2)Cc2ccccc2)c1[N+](=O)[O-]. The van der Waals surface area contributed by atoms with Gasteiger partial charge < -0.3 is 14.7 Å². The third kappa shape index (κ3) is 5.69. The van der Waals surface area contributed by atoms with Gasteiger partial charge in [0.2, 0.25) is 11.6 Å². The van der Waals surface area contributed by atoms with Crippen LogP contribution in [-0.4, -0.2) is 27.6 Å². The minimum atomic E-state index is -0.953. The molecule has 0 atom stereocenters. The van der Waals surface area contributed by atoms with Crippen LogP contribution >= 0.6 is 0 Å². The Morgan fingerprint density at radius 2 is 1.62 bits per heavy atom. The van der Waals surface area contributed by atoms with Crippen molar-refractivity contribution in [2.75, 3.05) is 11.5 Å². The minimum absolute atomic E-state index is 0.0525. The molecule has 0 fully saturated rings. The minimum Gasteiger partial charge on any atom is -0.502 e. The number of nitro groups is 1. The highest BCUT2D eigenvalue weighted by atomic mass is 16.6. The quantitative estimate of drug-likeness (QED) is 0.172. The molecule has 0 spiro atoms. The zero-order valence-electron chi connectivity index (χ0n) is 17.5. The highest BCUT2D eigenvalue weighted by molar-refractivity contribution is 5.92. The summed E-state index contributed by atoms with van der Waals surface area (Å²) in [5.74, 6) is -1.54. The Hall–Kier alpha value is -4.20. The van der Waals surface area contributed by atoms with E-state index in [1.807, 2.05) is 60.7 Å². The van der Waals surface area contributed by atoms with Crippen molar-refractivity contribution in [3.8, 4) is 0 Å². The van der Waals surface area contributed by atoms with Gasteiger partial charge in [-0.25, -0.2) is 9.78 Å². The van der Waals surface area contributed by atoms with Crippen LogP contribution in [-0.2, 0) is 22.6 Å². The second-order valence-electron chi connectivity index (χ2n) is 6.91. The number of benzene rings is 2. The first-order chi connectivity index (χ1) is 15.5. The van der Waals surface area contributed by atoms with Crippen LogP contribution < -0.4 is 4.90 Å². The maximum absolute atomic E-state index is 12.0. The fourth-order valence-electron chi connectivity index (χ4n) is 3.22. The first-order valence-electron chi connectivity index (χ1n) is 10.0. The maximum atomic E-state index is 12.0. The van der Waals surface area contributed by atoms with Crippen LogP contribution in [0, 0.1) is 10.1 Å². The Bertz CT molecular complexity index is 1060.